The highest BCUT2D eigenvalue weighted by Crippen LogP contribution is 2.38. The predicted molar refractivity (Wildman–Crippen MR) is 240 cm³/mol. The minimum Gasteiger partial charge on any atom is -0.756 e. The molecule has 0 N–H and O–H groups in total. The van der Waals surface area contributed by atoms with E-state index in [9.17, 15) is 19.0 Å². The number of carbonyl (C=O) groups excluding carboxylic acids is 2. The lowest BCUT2D eigenvalue weighted by molar-refractivity contribution is -0.870. The molecule has 0 aliphatic carbocycles. The summed E-state index contributed by atoms with van der Waals surface area (Å²) in [6.45, 7) is 3.77. The highest BCUT2D eigenvalue weighted by atomic mass is 31.2. The van der Waals surface area contributed by atoms with E-state index < -0.39 is 32.5 Å². The van der Waals surface area contributed by atoms with Gasteiger partial charge in [0.25, 0.3) is 7.82 Å². The number of quaternary nitrogens is 1. The Morgan fingerprint density at radius 2 is 1.02 bits per heavy atom. The Labute approximate surface area is 351 Å². The first kappa shape index (κ1) is 54.2. The normalized spacial score (nSPS) is 14.9. The van der Waals surface area contributed by atoms with E-state index in [1.54, 1.807) is 0 Å². The summed E-state index contributed by atoms with van der Waals surface area (Å²) in [6.07, 6.45) is 55.0. The second-order valence-corrected chi connectivity index (χ2v) is 15.8. The monoisotopic (exact) mass is 824 g/mol. The van der Waals surface area contributed by atoms with Crippen molar-refractivity contribution in [2.75, 3.05) is 47.5 Å². The summed E-state index contributed by atoms with van der Waals surface area (Å²) in [6, 6.07) is 0. The van der Waals surface area contributed by atoms with Crippen molar-refractivity contribution in [3.63, 3.8) is 0 Å². The van der Waals surface area contributed by atoms with E-state index in [0.717, 1.165) is 57.8 Å². The summed E-state index contributed by atoms with van der Waals surface area (Å²) in [7, 11) is 1.06. The lowest BCUT2D eigenvalue weighted by atomic mass is 10.2. The van der Waals surface area contributed by atoms with E-state index >= 15 is 0 Å². The number of phosphoric ester groups is 1. The summed E-state index contributed by atoms with van der Waals surface area (Å²) >= 11 is 0. The summed E-state index contributed by atoms with van der Waals surface area (Å²) in [4.78, 5) is 37.4. The van der Waals surface area contributed by atoms with Gasteiger partial charge in [-0.3, -0.25) is 14.2 Å². The van der Waals surface area contributed by atoms with Crippen LogP contribution >= 0.6 is 7.82 Å². The van der Waals surface area contributed by atoms with Crippen molar-refractivity contribution in [1.29, 1.82) is 0 Å². The van der Waals surface area contributed by atoms with Crippen LogP contribution in [0.2, 0.25) is 0 Å². The van der Waals surface area contributed by atoms with Crippen molar-refractivity contribution < 1.29 is 42.1 Å². The van der Waals surface area contributed by atoms with E-state index in [4.69, 9.17) is 18.5 Å². The van der Waals surface area contributed by atoms with Gasteiger partial charge in [0.15, 0.2) is 6.10 Å². The first-order chi connectivity index (χ1) is 28.0. The van der Waals surface area contributed by atoms with Crippen molar-refractivity contribution >= 4 is 19.8 Å². The number of allylic oxidation sites excluding steroid dienone is 22. The number of hydrogen-bond acceptors (Lipinski definition) is 8. The van der Waals surface area contributed by atoms with E-state index in [1.165, 1.54) is 0 Å². The molecule has 2 atom stereocenters. The maximum Gasteiger partial charge on any atom is 0.306 e. The second kappa shape index (κ2) is 38.7. The maximum absolute atomic E-state index is 12.6. The molecule has 58 heavy (non-hydrogen) atoms. The zero-order valence-electron chi connectivity index (χ0n) is 36.2. The predicted octanol–water partition coefficient (Wildman–Crippen LogP) is 11.3. The highest BCUT2D eigenvalue weighted by molar-refractivity contribution is 7.45. The van der Waals surface area contributed by atoms with Gasteiger partial charge in [0.1, 0.15) is 19.8 Å². The van der Waals surface area contributed by atoms with Gasteiger partial charge in [-0.2, -0.15) is 0 Å². The van der Waals surface area contributed by atoms with Gasteiger partial charge in [0, 0.05) is 12.8 Å². The molecule has 2 unspecified atom stereocenters. The third-order valence-corrected chi connectivity index (χ3v) is 8.76. The lowest BCUT2D eigenvalue weighted by Gasteiger charge is -2.28. The molecule has 324 valence electrons. The molecule has 0 rings (SSSR count). The average molecular weight is 824 g/mol. The molecule has 0 spiro atoms. The number of likely N-dealkylation sites (N-methyl/N-ethyl adjacent to an activating group) is 1. The Bertz CT molecular complexity index is 1440. The first-order valence-electron chi connectivity index (χ1n) is 21.0. The molecule has 0 saturated carbocycles. The van der Waals surface area contributed by atoms with Crippen LogP contribution in [0.25, 0.3) is 0 Å². The van der Waals surface area contributed by atoms with E-state index in [2.05, 4.69) is 92.8 Å². The molecule has 0 amide bonds. The summed E-state index contributed by atoms with van der Waals surface area (Å²) < 4.78 is 33.7. The molecule has 0 aliphatic heterocycles. The number of phosphoric acid groups is 1. The van der Waals surface area contributed by atoms with Crippen LogP contribution in [0, 0.1) is 0 Å². The number of esters is 2. The Morgan fingerprint density at radius 3 is 1.55 bits per heavy atom. The zero-order chi connectivity index (χ0) is 42.8. The molecule has 0 aromatic heterocycles. The minimum atomic E-state index is -4.66. The largest absolute Gasteiger partial charge is 0.756 e. The van der Waals surface area contributed by atoms with Crippen molar-refractivity contribution in [3.05, 3.63) is 134 Å². The van der Waals surface area contributed by atoms with Crippen LogP contribution in [-0.2, 0) is 32.7 Å². The Hall–Kier alpha value is -3.85. The summed E-state index contributed by atoms with van der Waals surface area (Å²) in [5.74, 6) is -0.991. The molecule has 0 aliphatic rings. The number of rotatable bonds is 35. The van der Waals surface area contributed by atoms with Gasteiger partial charge in [-0.05, 0) is 77.0 Å². The topological polar surface area (TPSA) is 111 Å². The fourth-order valence-electron chi connectivity index (χ4n) is 4.57. The third-order valence-electron chi connectivity index (χ3n) is 7.79. The van der Waals surface area contributed by atoms with Crippen LogP contribution in [-0.4, -0.2) is 70.0 Å². The fourth-order valence-corrected chi connectivity index (χ4v) is 5.30. The highest BCUT2D eigenvalue weighted by Gasteiger charge is 2.21. The number of nitrogens with zero attached hydrogens (tertiary/aromatic N) is 1. The number of unbranched alkanes of at least 4 members (excludes halogenated alkanes) is 3. The van der Waals surface area contributed by atoms with E-state index in [0.29, 0.717) is 30.3 Å². The van der Waals surface area contributed by atoms with E-state index in [-0.39, 0.29) is 26.1 Å². The smallest absolute Gasteiger partial charge is 0.306 e. The van der Waals surface area contributed by atoms with Gasteiger partial charge in [0.2, 0.25) is 0 Å². The van der Waals surface area contributed by atoms with Crippen LogP contribution in [0.3, 0.4) is 0 Å². The summed E-state index contributed by atoms with van der Waals surface area (Å²) in [5, 5.41) is 0. The fraction of sp³-hybridized carbons (Fsp3) is 0.500. The van der Waals surface area contributed by atoms with Crippen molar-refractivity contribution in [1.82, 2.24) is 0 Å². The van der Waals surface area contributed by atoms with Gasteiger partial charge in [0.05, 0.1) is 27.7 Å². The lowest BCUT2D eigenvalue weighted by Crippen LogP contribution is -2.37. The standard InChI is InChI=1S/C48H74NO8P/c1-6-8-10-12-14-16-18-20-21-22-23-24-25-26-27-29-30-32-34-36-38-40-47(50)54-44-46(45-56-58(52,53)55-43-42-49(3,4)5)57-48(51)41-39-37-35-33-31-28-19-17-15-13-11-9-7-2/h8-11,13-17,19-21,23-24,26-28,30-33,35,46H,6-7,12,18,22,25,29,34,36-45H2,1-5H3/b10-8+,11-9+,15-13+,16-14+,19-17+,21-20+,24-23+,27-26+,31-28+,32-30+,35-33+. The van der Waals surface area contributed by atoms with E-state index in [1.807, 2.05) is 75.8 Å². The third kappa shape index (κ3) is 41.8. The molecule has 0 radical (unpaired) electrons. The molecule has 0 heterocycles. The van der Waals surface area contributed by atoms with Gasteiger partial charge in [-0.15, -0.1) is 0 Å². The Kier molecular flexibility index (Phi) is 36.1. The Balaban J connectivity index is 4.57. The molecule has 0 saturated heterocycles. The molecule has 0 aromatic rings. The van der Waals surface area contributed by atoms with Crippen LogP contribution < -0.4 is 4.89 Å². The van der Waals surface area contributed by atoms with Crippen LogP contribution in [0.15, 0.2) is 134 Å². The molecular weight excluding hydrogens is 750 g/mol. The molecule has 0 aromatic carbocycles. The maximum atomic E-state index is 12.6. The average Bonchev–Trinajstić information content (AvgIpc) is 3.17. The van der Waals surface area contributed by atoms with Crippen molar-refractivity contribution in [2.24, 2.45) is 0 Å². The minimum absolute atomic E-state index is 0.0605. The van der Waals surface area contributed by atoms with Crippen molar-refractivity contribution in [2.45, 2.75) is 110 Å². The Morgan fingerprint density at radius 1 is 0.552 bits per heavy atom. The number of ether oxygens (including phenoxy) is 2. The van der Waals surface area contributed by atoms with Crippen molar-refractivity contribution in [3.8, 4) is 0 Å². The first-order valence-corrected chi connectivity index (χ1v) is 22.4. The number of hydrogen-bond donors (Lipinski definition) is 0. The quantitative estimate of drug-likeness (QED) is 0.0155. The molecule has 10 heteroatoms. The SMILES string of the molecule is CC/C=C/C=C/C=C/C=C/C=C/CCCC(=O)OC(COC(=O)CCCC/C=C/C/C=C/C/C=C/C/C=C/C/C=C/C/C=C/CC)COP(=O)([O-])OCC[N+](C)(C)C. The van der Waals surface area contributed by atoms with Gasteiger partial charge in [-0.25, -0.2) is 0 Å². The molecule has 9 nitrogen and oxygen atoms in total. The molecule has 0 fully saturated rings. The van der Waals surface area contributed by atoms with Gasteiger partial charge >= 0.3 is 11.9 Å². The van der Waals surface area contributed by atoms with Crippen LogP contribution in [0.1, 0.15) is 104 Å². The molecule has 0 bridgehead atoms. The van der Waals surface area contributed by atoms with Gasteiger partial charge in [-0.1, -0.05) is 148 Å². The van der Waals surface area contributed by atoms with Crippen LogP contribution in [0.5, 0.6) is 0 Å². The molecular formula is C48H74NO8P. The summed E-state index contributed by atoms with van der Waals surface area (Å²) in [5.41, 5.74) is 0. The number of carbonyl (C=O) groups is 2. The zero-order valence-corrected chi connectivity index (χ0v) is 37.1. The van der Waals surface area contributed by atoms with Crippen LogP contribution in [0.4, 0.5) is 0 Å². The second-order valence-electron chi connectivity index (χ2n) is 14.4. The van der Waals surface area contributed by atoms with Gasteiger partial charge < -0.3 is 27.9 Å².